The van der Waals surface area contributed by atoms with Gasteiger partial charge in [-0.15, -0.1) is 0 Å². The zero-order valence-corrected chi connectivity index (χ0v) is 20.9. The van der Waals surface area contributed by atoms with Crippen LogP contribution in [0.2, 0.25) is 0 Å². The van der Waals surface area contributed by atoms with Crippen LogP contribution >= 0.6 is 0 Å². The lowest BCUT2D eigenvalue weighted by atomic mass is 10.1. The Balaban J connectivity index is 1.31. The molecule has 0 bridgehead atoms. The van der Waals surface area contributed by atoms with Gasteiger partial charge < -0.3 is 24.1 Å². The van der Waals surface area contributed by atoms with Gasteiger partial charge in [-0.1, -0.05) is 12.1 Å². The third-order valence-electron chi connectivity index (χ3n) is 5.93. The van der Waals surface area contributed by atoms with E-state index in [2.05, 4.69) is 10.00 Å². The summed E-state index contributed by atoms with van der Waals surface area (Å²) in [6.07, 6.45) is 4.69. The third-order valence-corrected chi connectivity index (χ3v) is 5.93. The summed E-state index contributed by atoms with van der Waals surface area (Å²) < 4.78 is 38.2. The molecule has 1 atom stereocenters. The molecule has 1 aliphatic rings. The molecule has 0 spiro atoms. The molecule has 0 radical (unpaired) electrons. The van der Waals surface area contributed by atoms with Gasteiger partial charge in [0.25, 0.3) is 0 Å². The van der Waals surface area contributed by atoms with Gasteiger partial charge in [-0.3, -0.25) is 9.58 Å². The number of methoxy groups -OCH3 is 1. The third kappa shape index (κ3) is 7.43. The fraction of sp³-hybridized carbons (Fsp3) is 0.444. The summed E-state index contributed by atoms with van der Waals surface area (Å²) in [5.74, 6) is 1.35. The Bertz CT molecular complexity index is 1120. The Morgan fingerprint density at radius 1 is 1.17 bits per heavy atom. The minimum Gasteiger partial charge on any atom is -0.493 e. The normalized spacial score (nSPS) is 18.6. The van der Waals surface area contributed by atoms with Gasteiger partial charge in [0.05, 0.1) is 33.1 Å². The molecule has 2 heterocycles. The van der Waals surface area contributed by atoms with Crippen LogP contribution in [0.1, 0.15) is 17.5 Å². The molecule has 2 aromatic carbocycles. The molecule has 0 amide bonds. The lowest BCUT2D eigenvalue weighted by molar-refractivity contribution is -0.0647. The number of β-amino-alcohol motifs (C(OH)–C–C–N with tert-alkyl or cyclic N) is 1. The second-order valence-electron chi connectivity index (χ2n) is 9.20. The maximum atomic E-state index is 13.4. The summed E-state index contributed by atoms with van der Waals surface area (Å²) in [6, 6.07) is 11.8. The minimum atomic E-state index is -1.22. The molecule has 3 aromatic rings. The second kappa shape index (κ2) is 12.2. The first-order chi connectivity index (χ1) is 17.4. The fourth-order valence-corrected chi connectivity index (χ4v) is 4.18. The van der Waals surface area contributed by atoms with Crippen molar-refractivity contribution in [2.45, 2.75) is 32.0 Å². The van der Waals surface area contributed by atoms with Gasteiger partial charge in [-0.25, -0.2) is 4.39 Å². The minimum absolute atomic E-state index is 0.00114. The standard InChI is InChI=1S/C27H34FN3O5/c1-21-15-29-31(16-21)9-4-11-35-25-8-7-22(13-26(25)33-2)17-30-10-12-34-19-27(32,18-30)20-36-24-6-3-5-23(28)14-24/h3,5-8,13-16,32H,4,9-12,17-20H2,1-2H3/t27-/m1/s1. The lowest BCUT2D eigenvalue weighted by Gasteiger charge is -2.30. The summed E-state index contributed by atoms with van der Waals surface area (Å²) in [5, 5.41) is 15.4. The Morgan fingerprint density at radius 2 is 2.06 bits per heavy atom. The number of benzene rings is 2. The van der Waals surface area contributed by atoms with Crippen LogP contribution in [0.25, 0.3) is 0 Å². The predicted molar refractivity (Wildman–Crippen MR) is 133 cm³/mol. The van der Waals surface area contributed by atoms with Crippen molar-refractivity contribution in [1.82, 2.24) is 14.7 Å². The average Bonchev–Trinajstić information content (AvgIpc) is 3.19. The van der Waals surface area contributed by atoms with E-state index in [1.807, 2.05) is 42.2 Å². The van der Waals surface area contributed by atoms with Gasteiger partial charge in [-0.2, -0.15) is 5.10 Å². The topological polar surface area (TPSA) is 78.2 Å². The molecule has 1 saturated heterocycles. The first-order valence-corrected chi connectivity index (χ1v) is 12.1. The van der Waals surface area contributed by atoms with E-state index in [0.717, 1.165) is 24.1 Å². The van der Waals surface area contributed by atoms with Crippen LogP contribution in [0.15, 0.2) is 54.9 Å². The first-order valence-electron chi connectivity index (χ1n) is 12.1. The zero-order valence-electron chi connectivity index (χ0n) is 20.9. The van der Waals surface area contributed by atoms with Crippen LogP contribution in [0.3, 0.4) is 0 Å². The second-order valence-corrected chi connectivity index (χ2v) is 9.20. The average molecular weight is 500 g/mol. The van der Waals surface area contributed by atoms with E-state index in [9.17, 15) is 9.50 Å². The highest BCUT2D eigenvalue weighted by atomic mass is 19.1. The molecule has 1 aromatic heterocycles. The molecule has 194 valence electrons. The van der Waals surface area contributed by atoms with Crippen LogP contribution < -0.4 is 14.2 Å². The molecule has 8 nitrogen and oxygen atoms in total. The number of aromatic nitrogens is 2. The molecule has 4 rings (SSSR count). The SMILES string of the molecule is COc1cc(CN2CCOC[C@@](O)(COc3cccc(F)c3)C2)ccc1OCCCn1cc(C)cn1. The van der Waals surface area contributed by atoms with E-state index >= 15 is 0 Å². The summed E-state index contributed by atoms with van der Waals surface area (Å²) in [7, 11) is 1.63. The number of hydrogen-bond acceptors (Lipinski definition) is 7. The van der Waals surface area contributed by atoms with Crippen LogP contribution in [0.5, 0.6) is 17.2 Å². The number of ether oxygens (including phenoxy) is 4. The van der Waals surface area contributed by atoms with E-state index in [0.29, 0.717) is 50.1 Å². The number of hydrogen-bond donors (Lipinski definition) is 1. The van der Waals surface area contributed by atoms with Crippen molar-refractivity contribution in [3.05, 3.63) is 71.8 Å². The largest absolute Gasteiger partial charge is 0.493 e. The number of nitrogens with zero attached hydrogens (tertiary/aromatic N) is 3. The van der Waals surface area contributed by atoms with Crippen LogP contribution in [-0.4, -0.2) is 72.0 Å². The first kappa shape index (κ1) is 25.9. The van der Waals surface area contributed by atoms with Crippen molar-refractivity contribution in [3.63, 3.8) is 0 Å². The van der Waals surface area contributed by atoms with E-state index in [1.54, 1.807) is 19.2 Å². The molecular weight excluding hydrogens is 465 g/mol. The van der Waals surface area contributed by atoms with Crippen LogP contribution in [0.4, 0.5) is 4.39 Å². The fourth-order valence-electron chi connectivity index (χ4n) is 4.18. The maximum absolute atomic E-state index is 13.4. The van der Waals surface area contributed by atoms with Crippen LogP contribution in [-0.2, 0) is 17.8 Å². The Morgan fingerprint density at radius 3 is 2.83 bits per heavy atom. The molecule has 0 aliphatic carbocycles. The van der Waals surface area contributed by atoms with E-state index in [1.165, 1.54) is 12.1 Å². The van der Waals surface area contributed by atoms with E-state index in [-0.39, 0.29) is 19.0 Å². The van der Waals surface area contributed by atoms with Crippen molar-refractivity contribution in [2.75, 3.05) is 46.6 Å². The Labute approximate surface area is 211 Å². The predicted octanol–water partition coefficient (Wildman–Crippen LogP) is 3.45. The van der Waals surface area contributed by atoms with Gasteiger partial charge in [0.2, 0.25) is 0 Å². The van der Waals surface area contributed by atoms with Crippen molar-refractivity contribution in [1.29, 1.82) is 0 Å². The van der Waals surface area contributed by atoms with Gasteiger partial charge in [0.15, 0.2) is 11.5 Å². The monoisotopic (exact) mass is 499 g/mol. The van der Waals surface area contributed by atoms with Crippen molar-refractivity contribution >= 4 is 0 Å². The summed E-state index contributed by atoms with van der Waals surface area (Å²) in [6.45, 7) is 5.62. The van der Waals surface area contributed by atoms with Gasteiger partial charge >= 0.3 is 0 Å². The molecule has 1 N–H and O–H groups in total. The Kier molecular flexibility index (Phi) is 8.79. The summed E-state index contributed by atoms with van der Waals surface area (Å²) >= 11 is 0. The van der Waals surface area contributed by atoms with Crippen LogP contribution in [0, 0.1) is 12.7 Å². The molecule has 0 unspecified atom stereocenters. The molecule has 36 heavy (non-hydrogen) atoms. The number of aliphatic hydroxyl groups is 1. The van der Waals surface area contributed by atoms with E-state index in [4.69, 9.17) is 18.9 Å². The highest BCUT2D eigenvalue weighted by Gasteiger charge is 2.33. The zero-order chi connectivity index (χ0) is 25.4. The van der Waals surface area contributed by atoms with Gasteiger partial charge in [0.1, 0.15) is 23.8 Å². The highest BCUT2D eigenvalue weighted by Crippen LogP contribution is 2.29. The Hall–Kier alpha value is -3.14. The van der Waals surface area contributed by atoms with Crippen molar-refractivity contribution < 1.29 is 28.4 Å². The smallest absolute Gasteiger partial charge is 0.161 e. The highest BCUT2D eigenvalue weighted by molar-refractivity contribution is 5.43. The van der Waals surface area contributed by atoms with Crippen molar-refractivity contribution in [2.24, 2.45) is 0 Å². The van der Waals surface area contributed by atoms with Gasteiger partial charge in [0, 0.05) is 44.9 Å². The lowest BCUT2D eigenvalue weighted by Crippen LogP contribution is -2.48. The number of halogens is 1. The van der Waals surface area contributed by atoms with Crippen molar-refractivity contribution in [3.8, 4) is 17.2 Å². The van der Waals surface area contributed by atoms with E-state index < -0.39 is 5.60 Å². The maximum Gasteiger partial charge on any atom is 0.161 e. The molecule has 1 aliphatic heterocycles. The number of aryl methyl sites for hydroxylation is 2. The molecule has 1 fully saturated rings. The van der Waals surface area contributed by atoms with Gasteiger partial charge in [-0.05, 0) is 42.3 Å². The molecule has 9 heteroatoms. The molecular formula is C27H34FN3O5. The summed E-state index contributed by atoms with van der Waals surface area (Å²) in [4.78, 5) is 2.11. The summed E-state index contributed by atoms with van der Waals surface area (Å²) in [5.41, 5.74) is 0.950. The number of rotatable bonds is 11. The molecule has 0 saturated carbocycles. The quantitative estimate of drug-likeness (QED) is 0.405.